The summed E-state index contributed by atoms with van der Waals surface area (Å²) >= 11 is 0. The normalized spacial score (nSPS) is 8.08. The van der Waals surface area contributed by atoms with Crippen molar-refractivity contribution < 1.29 is 9.31 Å². The predicted octanol–water partition coefficient (Wildman–Crippen LogP) is 2.54. The van der Waals surface area contributed by atoms with Crippen LogP contribution >= 0.6 is 0 Å². The second-order valence-corrected chi connectivity index (χ2v) is 1.71. The van der Waals surface area contributed by atoms with E-state index in [9.17, 15) is 14.5 Å². The molecule has 0 aliphatic rings. The fourth-order valence-corrected chi connectivity index (χ4v) is 0.600. The fraction of sp³-hybridized carbons (Fsp3) is 0. The van der Waals surface area contributed by atoms with Crippen molar-refractivity contribution in [3.63, 3.8) is 0 Å². The Morgan fingerprint density at radius 2 is 1.83 bits per heavy atom. The molecule has 0 amide bonds. The first-order chi connectivity index (χ1) is 5.72. The summed E-state index contributed by atoms with van der Waals surface area (Å²) in [5, 5.41) is 9.99. The second kappa shape index (κ2) is 5.01. The van der Waals surface area contributed by atoms with Crippen molar-refractivity contribution in [2.45, 2.75) is 0 Å². The molecular weight excluding hydrogens is 161 g/mol. The lowest BCUT2D eigenvalue weighted by Crippen LogP contribution is -1.90. The Morgan fingerprint density at radius 3 is 2.17 bits per heavy atom. The summed E-state index contributed by atoms with van der Waals surface area (Å²) in [6.45, 7) is 6.00. The largest absolute Gasteiger partial charge is 0.304 e. The van der Waals surface area contributed by atoms with Crippen LogP contribution in [-0.4, -0.2) is 4.92 Å². The van der Waals surface area contributed by atoms with E-state index < -0.39 is 16.4 Å². The lowest BCUT2D eigenvalue weighted by Gasteiger charge is -1.89. The molecule has 1 rings (SSSR count). The quantitative estimate of drug-likeness (QED) is 0.368. The number of para-hydroxylation sites is 1. The molecule has 4 heteroatoms. The number of nitro groups is 1. The molecule has 1 aromatic carbocycles. The van der Waals surface area contributed by atoms with Crippen LogP contribution in [-0.2, 0) is 0 Å². The molecule has 0 saturated heterocycles. The molecule has 0 bridgehead atoms. The number of halogens is 1. The highest BCUT2D eigenvalue weighted by molar-refractivity contribution is 5.30. The van der Waals surface area contributed by atoms with Gasteiger partial charge in [0.25, 0.3) is 0 Å². The molecule has 12 heavy (non-hydrogen) atoms. The van der Waals surface area contributed by atoms with Gasteiger partial charge in [0.05, 0.1) is 4.92 Å². The average molecular weight is 169 g/mol. The van der Waals surface area contributed by atoms with Crippen molar-refractivity contribution in [3.8, 4) is 0 Å². The Bertz CT molecular complexity index is 276. The summed E-state index contributed by atoms with van der Waals surface area (Å²) < 4.78 is 12.4. The van der Waals surface area contributed by atoms with Gasteiger partial charge in [-0.2, -0.15) is 4.39 Å². The van der Waals surface area contributed by atoms with Crippen LogP contribution in [0.15, 0.2) is 37.4 Å². The van der Waals surface area contributed by atoms with Crippen molar-refractivity contribution in [2.24, 2.45) is 0 Å². The number of nitrogens with zero attached hydrogens (tertiary/aromatic N) is 1. The summed E-state index contributed by atoms with van der Waals surface area (Å²) in [6.07, 6.45) is 0. The summed E-state index contributed by atoms with van der Waals surface area (Å²) in [7, 11) is 0. The minimum absolute atomic E-state index is 0.484. The van der Waals surface area contributed by atoms with E-state index >= 15 is 0 Å². The van der Waals surface area contributed by atoms with Gasteiger partial charge in [-0.25, -0.2) is 0 Å². The van der Waals surface area contributed by atoms with E-state index in [4.69, 9.17) is 0 Å². The molecule has 0 aliphatic heterocycles. The molecule has 0 unspecified atom stereocenters. The van der Waals surface area contributed by atoms with Crippen LogP contribution in [0.4, 0.5) is 10.1 Å². The Labute approximate surface area is 69.3 Å². The molecule has 3 nitrogen and oxygen atoms in total. The Balaban J connectivity index is 0.000000561. The van der Waals surface area contributed by atoms with Gasteiger partial charge in [0.2, 0.25) is 5.82 Å². The van der Waals surface area contributed by atoms with Gasteiger partial charge in [-0.05, 0) is 6.07 Å². The van der Waals surface area contributed by atoms with E-state index in [0.717, 1.165) is 12.1 Å². The average Bonchev–Trinajstić information content (AvgIpc) is 2.08. The van der Waals surface area contributed by atoms with E-state index in [1.165, 1.54) is 12.1 Å². The van der Waals surface area contributed by atoms with Crippen molar-refractivity contribution in [3.05, 3.63) is 53.4 Å². The van der Waals surface area contributed by atoms with Crippen LogP contribution in [0.5, 0.6) is 0 Å². The molecule has 1 aromatic rings. The Morgan fingerprint density at radius 1 is 1.33 bits per heavy atom. The van der Waals surface area contributed by atoms with Crippen molar-refractivity contribution in [2.75, 3.05) is 0 Å². The lowest BCUT2D eigenvalue weighted by atomic mass is 10.3. The predicted molar refractivity (Wildman–Crippen MR) is 44.3 cm³/mol. The van der Waals surface area contributed by atoms with Gasteiger partial charge in [-0.1, -0.05) is 12.1 Å². The first kappa shape index (κ1) is 10.3. The minimum Gasteiger partial charge on any atom is -0.258 e. The summed E-state index contributed by atoms with van der Waals surface area (Å²) in [5.74, 6) is -0.799. The maximum Gasteiger partial charge on any atom is 0.304 e. The molecule has 0 saturated carbocycles. The van der Waals surface area contributed by atoms with Gasteiger partial charge in [0.15, 0.2) is 0 Å². The van der Waals surface area contributed by atoms with Crippen molar-refractivity contribution in [1.82, 2.24) is 0 Å². The van der Waals surface area contributed by atoms with Crippen molar-refractivity contribution >= 4 is 5.69 Å². The van der Waals surface area contributed by atoms with Crippen molar-refractivity contribution in [1.29, 1.82) is 0 Å². The highest BCUT2D eigenvalue weighted by atomic mass is 19.1. The summed E-state index contributed by atoms with van der Waals surface area (Å²) in [6, 6.07) is 5.00. The fourth-order valence-electron chi connectivity index (χ4n) is 0.600. The third-order valence-corrected chi connectivity index (χ3v) is 1.05. The highest BCUT2D eigenvalue weighted by Gasteiger charge is 2.09. The maximum atomic E-state index is 12.4. The van der Waals surface area contributed by atoms with Gasteiger partial charge >= 0.3 is 5.69 Å². The van der Waals surface area contributed by atoms with Gasteiger partial charge in [0, 0.05) is 6.07 Å². The minimum atomic E-state index is -0.799. The molecule has 0 heterocycles. The molecule has 0 fully saturated rings. The van der Waals surface area contributed by atoms with Crippen LogP contribution in [0.3, 0.4) is 0 Å². The monoisotopic (exact) mass is 169 g/mol. The topological polar surface area (TPSA) is 43.1 Å². The number of nitro benzene ring substituents is 1. The van der Waals surface area contributed by atoms with E-state index in [-0.39, 0.29) is 0 Å². The van der Waals surface area contributed by atoms with E-state index in [1.54, 1.807) is 0 Å². The van der Waals surface area contributed by atoms with E-state index in [0.29, 0.717) is 0 Å². The smallest absolute Gasteiger partial charge is 0.258 e. The SMILES string of the molecule is C=C.O=[N+]([O-])c1ccccc1F. The molecule has 64 valence electrons. The molecule has 0 aliphatic carbocycles. The van der Waals surface area contributed by atoms with Crippen LogP contribution in [0.2, 0.25) is 0 Å². The summed E-state index contributed by atoms with van der Waals surface area (Å²) in [4.78, 5) is 9.23. The number of hydrogen-bond donors (Lipinski definition) is 0. The molecular formula is C8H8FNO2. The van der Waals surface area contributed by atoms with E-state index in [2.05, 4.69) is 13.2 Å². The molecule has 0 radical (unpaired) electrons. The Kier molecular flexibility index (Phi) is 4.30. The third-order valence-electron chi connectivity index (χ3n) is 1.05. The zero-order chi connectivity index (χ0) is 9.56. The van der Waals surface area contributed by atoms with Gasteiger partial charge in [0.1, 0.15) is 0 Å². The highest BCUT2D eigenvalue weighted by Crippen LogP contribution is 2.14. The first-order valence-corrected chi connectivity index (χ1v) is 3.11. The Hall–Kier alpha value is -1.71. The molecule has 0 spiro atoms. The van der Waals surface area contributed by atoms with Crippen LogP contribution in [0.25, 0.3) is 0 Å². The van der Waals surface area contributed by atoms with E-state index in [1.807, 2.05) is 0 Å². The number of hydrogen-bond acceptors (Lipinski definition) is 2. The third kappa shape index (κ3) is 2.49. The van der Waals surface area contributed by atoms with Gasteiger partial charge in [-0.15, -0.1) is 13.2 Å². The number of rotatable bonds is 1. The van der Waals surface area contributed by atoms with Gasteiger partial charge in [-0.3, -0.25) is 10.1 Å². The zero-order valence-electron chi connectivity index (χ0n) is 6.37. The lowest BCUT2D eigenvalue weighted by molar-refractivity contribution is -0.387. The van der Waals surface area contributed by atoms with Gasteiger partial charge < -0.3 is 0 Å². The molecule has 0 aromatic heterocycles. The second-order valence-electron chi connectivity index (χ2n) is 1.71. The zero-order valence-corrected chi connectivity index (χ0v) is 6.37. The maximum absolute atomic E-state index is 12.4. The first-order valence-electron chi connectivity index (χ1n) is 3.11. The number of benzene rings is 1. The van der Waals surface area contributed by atoms with Crippen LogP contribution in [0, 0.1) is 15.9 Å². The van der Waals surface area contributed by atoms with Crippen LogP contribution in [0.1, 0.15) is 0 Å². The van der Waals surface area contributed by atoms with Crippen LogP contribution < -0.4 is 0 Å². The standard InChI is InChI=1S/C6H4FNO2.C2H4/c7-5-3-1-2-4-6(5)8(9)10;1-2/h1-4H;1-2H2. The summed E-state index contributed by atoms with van der Waals surface area (Å²) in [5.41, 5.74) is -0.484. The molecule has 0 N–H and O–H groups in total. The molecule has 0 atom stereocenters.